The van der Waals surface area contributed by atoms with Crippen molar-refractivity contribution in [2.75, 3.05) is 19.8 Å². The van der Waals surface area contributed by atoms with Gasteiger partial charge >= 0.3 is 0 Å². The van der Waals surface area contributed by atoms with Gasteiger partial charge in [-0.3, -0.25) is 0 Å². The summed E-state index contributed by atoms with van der Waals surface area (Å²) in [5.74, 6) is 0. The van der Waals surface area contributed by atoms with Crippen molar-refractivity contribution in [1.82, 2.24) is 5.32 Å². The van der Waals surface area contributed by atoms with Crippen molar-refractivity contribution in [1.29, 1.82) is 0 Å². The Labute approximate surface area is 111 Å². The van der Waals surface area contributed by atoms with Crippen molar-refractivity contribution in [2.45, 2.75) is 75.5 Å². The Balaban J connectivity index is 1.35. The molecule has 2 unspecified atom stereocenters. The first-order valence-corrected chi connectivity index (χ1v) is 7.85. The Kier molecular flexibility index (Phi) is 4.22. The lowest BCUT2D eigenvalue weighted by atomic mass is 9.74. The maximum absolute atomic E-state index is 6.10. The molecule has 2 saturated heterocycles. The monoisotopic (exact) mass is 253 g/mol. The molecule has 1 saturated carbocycles. The number of hydrogen-bond acceptors (Lipinski definition) is 3. The third-order valence-electron chi connectivity index (χ3n) is 4.94. The molecule has 3 rings (SSSR count). The van der Waals surface area contributed by atoms with Gasteiger partial charge in [-0.25, -0.2) is 0 Å². The third kappa shape index (κ3) is 3.06. The fraction of sp³-hybridized carbons (Fsp3) is 1.00. The van der Waals surface area contributed by atoms with E-state index in [2.05, 4.69) is 5.32 Å². The van der Waals surface area contributed by atoms with Crippen LogP contribution in [0.3, 0.4) is 0 Å². The fourth-order valence-corrected chi connectivity index (χ4v) is 3.59. The average Bonchev–Trinajstić information content (AvgIpc) is 2.39. The van der Waals surface area contributed by atoms with Gasteiger partial charge in [0.2, 0.25) is 0 Å². The second kappa shape index (κ2) is 5.89. The van der Waals surface area contributed by atoms with Gasteiger partial charge in [-0.2, -0.15) is 0 Å². The average molecular weight is 253 g/mol. The minimum absolute atomic E-state index is 0.228. The van der Waals surface area contributed by atoms with Gasteiger partial charge in [0.15, 0.2) is 0 Å². The van der Waals surface area contributed by atoms with E-state index in [0.717, 1.165) is 26.1 Å². The van der Waals surface area contributed by atoms with E-state index in [-0.39, 0.29) is 5.60 Å². The van der Waals surface area contributed by atoms with E-state index in [4.69, 9.17) is 9.47 Å². The second-order valence-corrected chi connectivity index (χ2v) is 6.31. The number of piperidine rings is 1. The van der Waals surface area contributed by atoms with Crippen molar-refractivity contribution < 1.29 is 9.47 Å². The molecular weight excluding hydrogens is 226 g/mol. The maximum atomic E-state index is 6.10. The first-order valence-electron chi connectivity index (χ1n) is 7.85. The van der Waals surface area contributed by atoms with Crippen LogP contribution in [0.4, 0.5) is 0 Å². The van der Waals surface area contributed by atoms with Crippen LogP contribution in [0.15, 0.2) is 0 Å². The molecule has 18 heavy (non-hydrogen) atoms. The number of rotatable bonds is 4. The summed E-state index contributed by atoms with van der Waals surface area (Å²) >= 11 is 0. The summed E-state index contributed by atoms with van der Waals surface area (Å²) in [6, 6.07) is 0.705. The molecule has 3 nitrogen and oxygen atoms in total. The van der Waals surface area contributed by atoms with Gasteiger partial charge in [-0.05, 0) is 51.5 Å². The van der Waals surface area contributed by atoms with Crippen LogP contribution < -0.4 is 5.32 Å². The Hall–Kier alpha value is -0.120. The van der Waals surface area contributed by atoms with Crippen LogP contribution in [0.25, 0.3) is 0 Å². The molecule has 0 bridgehead atoms. The van der Waals surface area contributed by atoms with Gasteiger partial charge in [0, 0.05) is 25.7 Å². The molecule has 3 aliphatic rings. The maximum Gasteiger partial charge on any atom is 0.0707 e. The van der Waals surface area contributed by atoms with Gasteiger partial charge < -0.3 is 14.8 Å². The van der Waals surface area contributed by atoms with E-state index in [1.54, 1.807) is 0 Å². The number of nitrogens with one attached hydrogen (secondary N) is 1. The molecule has 1 spiro atoms. The van der Waals surface area contributed by atoms with Gasteiger partial charge in [0.05, 0.1) is 11.7 Å². The zero-order valence-corrected chi connectivity index (χ0v) is 11.5. The summed E-state index contributed by atoms with van der Waals surface area (Å²) < 4.78 is 12.0. The highest BCUT2D eigenvalue weighted by atomic mass is 16.5. The van der Waals surface area contributed by atoms with E-state index >= 15 is 0 Å². The molecule has 2 atom stereocenters. The quantitative estimate of drug-likeness (QED) is 0.835. The van der Waals surface area contributed by atoms with Crippen molar-refractivity contribution in [3.05, 3.63) is 0 Å². The van der Waals surface area contributed by atoms with Crippen molar-refractivity contribution in [3.8, 4) is 0 Å². The van der Waals surface area contributed by atoms with Crippen LogP contribution in [0.1, 0.15) is 57.8 Å². The van der Waals surface area contributed by atoms with Crippen molar-refractivity contribution in [2.24, 2.45) is 0 Å². The molecule has 0 aromatic heterocycles. The van der Waals surface area contributed by atoms with Crippen LogP contribution in [0.2, 0.25) is 0 Å². The van der Waals surface area contributed by atoms with Crippen LogP contribution >= 0.6 is 0 Å². The normalized spacial score (nSPS) is 35.3. The van der Waals surface area contributed by atoms with Crippen LogP contribution in [0.5, 0.6) is 0 Å². The van der Waals surface area contributed by atoms with E-state index < -0.39 is 0 Å². The lowest BCUT2D eigenvalue weighted by Gasteiger charge is -2.47. The summed E-state index contributed by atoms with van der Waals surface area (Å²) in [6.07, 6.45) is 11.8. The Morgan fingerprint density at radius 2 is 2.11 bits per heavy atom. The molecule has 1 N–H and O–H groups in total. The van der Waals surface area contributed by atoms with Gasteiger partial charge in [0.1, 0.15) is 0 Å². The Morgan fingerprint density at radius 3 is 2.83 bits per heavy atom. The lowest BCUT2D eigenvalue weighted by molar-refractivity contribution is -0.169. The van der Waals surface area contributed by atoms with Crippen molar-refractivity contribution >= 4 is 0 Å². The topological polar surface area (TPSA) is 30.5 Å². The van der Waals surface area contributed by atoms with Crippen LogP contribution in [-0.2, 0) is 9.47 Å². The Morgan fingerprint density at radius 1 is 1.17 bits per heavy atom. The molecule has 0 aromatic rings. The molecule has 2 aliphatic heterocycles. The number of hydrogen-bond donors (Lipinski definition) is 1. The first-order chi connectivity index (χ1) is 8.86. The number of ether oxygens (including phenoxy) is 2. The highest BCUT2D eigenvalue weighted by Crippen LogP contribution is 2.42. The minimum atomic E-state index is 0.228. The fourth-order valence-electron chi connectivity index (χ4n) is 3.59. The zero-order chi connectivity index (χ0) is 12.3. The summed E-state index contributed by atoms with van der Waals surface area (Å²) in [7, 11) is 0. The molecule has 1 aliphatic carbocycles. The zero-order valence-electron chi connectivity index (χ0n) is 11.5. The summed E-state index contributed by atoms with van der Waals surface area (Å²) in [5, 5.41) is 3.59. The standard InChI is InChI=1S/C15H27NO2/c1-2-9-16-13(4-1)5-10-17-14-6-11-18-15(12-14)7-3-8-15/h13-14,16H,1-12H2. The van der Waals surface area contributed by atoms with E-state index in [9.17, 15) is 0 Å². The third-order valence-corrected chi connectivity index (χ3v) is 4.94. The molecule has 2 heterocycles. The molecule has 3 heteroatoms. The smallest absolute Gasteiger partial charge is 0.0707 e. The van der Waals surface area contributed by atoms with Gasteiger partial charge in [-0.15, -0.1) is 0 Å². The summed E-state index contributed by atoms with van der Waals surface area (Å²) in [5.41, 5.74) is 0.228. The second-order valence-electron chi connectivity index (χ2n) is 6.31. The van der Waals surface area contributed by atoms with Gasteiger partial charge in [0.25, 0.3) is 0 Å². The Bertz CT molecular complexity index is 259. The van der Waals surface area contributed by atoms with Gasteiger partial charge in [-0.1, -0.05) is 6.42 Å². The molecule has 3 fully saturated rings. The molecule has 104 valence electrons. The predicted molar refractivity (Wildman–Crippen MR) is 71.8 cm³/mol. The summed E-state index contributed by atoms with van der Waals surface area (Å²) in [6.45, 7) is 3.04. The minimum Gasteiger partial charge on any atom is -0.378 e. The van der Waals surface area contributed by atoms with Crippen molar-refractivity contribution in [3.63, 3.8) is 0 Å². The van der Waals surface area contributed by atoms with E-state index in [0.29, 0.717) is 12.1 Å². The molecule has 0 amide bonds. The highest BCUT2D eigenvalue weighted by molar-refractivity contribution is 4.94. The molecule has 0 radical (unpaired) electrons. The highest BCUT2D eigenvalue weighted by Gasteiger charge is 2.42. The largest absolute Gasteiger partial charge is 0.378 e. The first kappa shape index (κ1) is 12.9. The SMILES string of the molecule is C1CCC(CCOC2CCOC3(CCC3)C2)NC1. The summed E-state index contributed by atoms with van der Waals surface area (Å²) in [4.78, 5) is 0. The lowest BCUT2D eigenvalue weighted by Crippen LogP contribution is -2.48. The predicted octanol–water partition coefficient (Wildman–Crippen LogP) is 2.64. The molecular formula is C15H27NO2. The van der Waals surface area contributed by atoms with Crippen LogP contribution in [0, 0.1) is 0 Å². The van der Waals surface area contributed by atoms with E-state index in [1.807, 2.05) is 0 Å². The molecule has 0 aromatic carbocycles. The van der Waals surface area contributed by atoms with E-state index in [1.165, 1.54) is 51.5 Å². The van der Waals surface area contributed by atoms with Crippen LogP contribution in [-0.4, -0.2) is 37.5 Å².